The van der Waals surface area contributed by atoms with E-state index in [1.54, 1.807) is 34.1 Å². The fraction of sp³-hybridized carbons (Fsp3) is 0.509. The number of halogens is 1. The summed E-state index contributed by atoms with van der Waals surface area (Å²) in [5.41, 5.74) is 16.8. The van der Waals surface area contributed by atoms with Gasteiger partial charge in [0, 0.05) is 83.0 Å². The van der Waals surface area contributed by atoms with Gasteiger partial charge in [0.1, 0.15) is 24.4 Å². The highest BCUT2D eigenvalue weighted by atomic mass is 35.5. The Labute approximate surface area is 464 Å². The molecule has 79 heavy (non-hydrogen) atoms. The van der Waals surface area contributed by atoms with Crippen LogP contribution in [-0.4, -0.2) is 186 Å². The van der Waals surface area contributed by atoms with E-state index in [0.717, 1.165) is 22.2 Å². The average molecular weight is 1110 g/mol. The number of nitrogens with two attached hydrogens (primary N) is 2. The molecule has 6 aromatic rings. The summed E-state index contributed by atoms with van der Waals surface area (Å²) in [6.45, 7) is 9.55. The van der Waals surface area contributed by atoms with Gasteiger partial charge in [-0.15, -0.1) is 16.6 Å². The van der Waals surface area contributed by atoms with Gasteiger partial charge in [-0.25, -0.2) is 9.36 Å². The van der Waals surface area contributed by atoms with Crippen LogP contribution in [0.25, 0.3) is 10.9 Å². The number of ether oxygens (including phenoxy) is 3. The number of para-hydroxylation sites is 1. The Balaban J connectivity index is 0.00000903. The van der Waals surface area contributed by atoms with Crippen molar-refractivity contribution in [3.05, 3.63) is 89.6 Å². The van der Waals surface area contributed by atoms with Crippen molar-refractivity contribution in [3.63, 3.8) is 0 Å². The molecule has 0 radical (unpaired) electrons. The number of benzene rings is 2. The summed E-state index contributed by atoms with van der Waals surface area (Å²) in [5.74, 6) is 2.64. The number of aromatic amines is 1. The fourth-order valence-electron chi connectivity index (χ4n) is 9.42. The second kappa shape index (κ2) is 28.9. The number of phenols is 1. The largest absolute Gasteiger partial charge is 1.00 e. The average Bonchev–Trinajstić information content (AvgIpc) is 4.30. The lowest BCUT2D eigenvalue weighted by atomic mass is 10.0. The third kappa shape index (κ3) is 16.5. The lowest BCUT2D eigenvalue weighted by molar-refractivity contribution is -0.139. The molecule has 0 aliphatic carbocycles. The van der Waals surface area contributed by atoms with Crippen LogP contribution in [0.5, 0.6) is 5.75 Å². The summed E-state index contributed by atoms with van der Waals surface area (Å²) >= 11 is 0. The Morgan fingerprint density at radius 1 is 0.747 bits per heavy atom. The van der Waals surface area contributed by atoms with Gasteiger partial charge in [-0.2, -0.15) is 15.0 Å². The number of aromatic nitrogens is 10. The number of nitrogens with one attached hydrogen (secondary N) is 2. The van der Waals surface area contributed by atoms with Crippen LogP contribution in [0.4, 0.5) is 17.8 Å². The van der Waals surface area contributed by atoms with E-state index < -0.39 is 24.1 Å². The molecule has 4 atom stereocenters. The van der Waals surface area contributed by atoms with E-state index in [-0.39, 0.29) is 55.5 Å². The number of carbonyl (C=O) groups excluding carboxylic acids is 2. The molecule has 2 aromatic carbocycles. The molecule has 8 N–H and O–H groups in total. The van der Waals surface area contributed by atoms with E-state index in [1.807, 2.05) is 57.2 Å². The lowest BCUT2D eigenvalue weighted by Crippen LogP contribution is -3.00. The zero-order valence-electron chi connectivity index (χ0n) is 44.6. The first-order valence-corrected chi connectivity index (χ1v) is 26.5. The van der Waals surface area contributed by atoms with Crippen LogP contribution < -0.4 is 39.0 Å². The number of anilines is 3. The van der Waals surface area contributed by atoms with Crippen LogP contribution >= 0.6 is 0 Å². The number of hydrogen-bond donors (Lipinski definition) is 6. The minimum atomic E-state index is -1.02. The minimum absolute atomic E-state index is 0. The topological polar surface area (TPSA) is 312 Å². The van der Waals surface area contributed by atoms with Crippen molar-refractivity contribution in [2.45, 2.75) is 70.1 Å². The van der Waals surface area contributed by atoms with Crippen LogP contribution in [0, 0.1) is 18.3 Å². The number of carbonyl (C=O) groups is 3. The number of H-pyrrole nitrogens is 1. The lowest BCUT2D eigenvalue weighted by Gasteiger charge is -2.38. The van der Waals surface area contributed by atoms with Gasteiger partial charge in [-0.05, 0) is 60.4 Å². The predicted octanol–water partition coefficient (Wildman–Crippen LogP) is -0.484. The maximum Gasteiger partial charge on any atom is 0.303 e. The molecule has 4 aromatic heterocycles. The van der Waals surface area contributed by atoms with Crippen molar-refractivity contribution < 1.29 is 51.2 Å². The Bertz CT molecular complexity index is 2900. The maximum atomic E-state index is 14.8. The molecule has 2 aliphatic heterocycles. The molecule has 6 heterocycles. The molecule has 8 rings (SSSR count). The van der Waals surface area contributed by atoms with E-state index >= 15 is 0 Å². The Morgan fingerprint density at radius 2 is 1.32 bits per heavy atom. The molecule has 0 saturated carbocycles. The number of carboxylic acid groups (broad SMARTS) is 1. The molecule has 2 saturated heterocycles. The molecule has 2 aliphatic rings. The normalized spacial score (nSPS) is 15.4. The highest BCUT2D eigenvalue weighted by Gasteiger charge is 2.34. The van der Waals surface area contributed by atoms with Gasteiger partial charge in [-0.1, -0.05) is 60.5 Å². The summed E-state index contributed by atoms with van der Waals surface area (Å²) in [7, 11) is 0. The Morgan fingerprint density at radius 3 is 1.91 bits per heavy atom. The van der Waals surface area contributed by atoms with E-state index in [2.05, 4.69) is 50.7 Å². The van der Waals surface area contributed by atoms with Gasteiger partial charge in [-0.3, -0.25) is 14.4 Å². The van der Waals surface area contributed by atoms with Crippen LogP contribution in [0.3, 0.4) is 0 Å². The second-order valence-corrected chi connectivity index (χ2v) is 19.8. The molecule has 2 amide bonds. The van der Waals surface area contributed by atoms with Crippen LogP contribution in [-0.2, 0) is 41.4 Å². The Hall–Kier alpha value is -7.47. The number of aliphatic carboxylic acids is 1. The number of rotatable bonds is 28. The number of amides is 2. The summed E-state index contributed by atoms with van der Waals surface area (Å²) < 4.78 is 19.6. The van der Waals surface area contributed by atoms with E-state index in [4.69, 9.17) is 47.1 Å². The maximum absolute atomic E-state index is 14.8. The summed E-state index contributed by atoms with van der Waals surface area (Å²) in [5, 5.41) is 41.1. The standard InChI is InChI=1S/C53H71N17O8.ClH/c1-4-24-76-26-28-78-29-27-77-25-15-56-51-58-52(67-20-16-65(17-21-67)49(74)46(13-14-48(72)73)69-34-44(61-63-69)41(54)30-36(2)3)60-53(59-51)68-22-18-66(19-23-68)50(75)47(33-39-32-38-7-5-6-8-43(38)57-39)70-35-45(62-64-70)42(55)31-37-9-11-40(71)12-10-37;/h1,5-12,32,34-36,41-42,46-47,57,71H,13-31,33,54-55H2,2-3H3,(H,72,73)(H,56,58,59,60);1H/p-1. The zero-order valence-corrected chi connectivity index (χ0v) is 45.4. The molecule has 0 bridgehead atoms. The van der Waals surface area contributed by atoms with Crippen molar-refractivity contribution in [1.82, 2.24) is 59.7 Å². The number of fused-ring (bicyclic) bond motifs is 1. The highest BCUT2D eigenvalue weighted by molar-refractivity contribution is 5.83. The molecule has 0 spiro atoms. The van der Waals surface area contributed by atoms with Gasteiger partial charge in [0.25, 0.3) is 0 Å². The van der Waals surface area contributed by atoms with E-state index in [0.29, 0.717) is 146 Å². The number of hydrogen-bond acceptors (Lipinski definition) is 19. The molecular formula is C53H71ClN17O8-. The Kier molecular flexibility index (Phi) is 21.7. The first-order valence-electron chi connectivity index (χ1n) is 26.5. The third-order valence-electron chi connectivity index (χ3n) is 13.6. The molecule has 25 nitrogen and oxygen atoms in total. The van der Waals surface area contributed by atoms with Crippen molar-refractivity contribution in [2.24, 2.45) is 17.4 Å². The first-order chi connectivity index (χ1) is 37.8. The molecule has 4 unspecified atom stereocenters. The van der Waals surface area contributed by atoms with Crippen molar-refractivity contribution in [1.29, 1.82) is 0 Å². The number of nitrogens with zero attached hydrogens (tertiary/aromatic N) is 13. The van der Waals surface area contributed by atoms with Gasteiger partial charge < -0.3 is 78.2 Å². The van der Waals surface area contributed by atoms with Crippen molar-refractivity contribution in [3.8, 4) is 18.1 Å². The highest BCUT2D eigenvalue weighted by Crippen LogP contribution is 2.27. The number of terminal acetylenes is 1. The molecule has 2 fully saturated rings. The minimum Gasteiger partial charge on any atom is -1.00 e. The number of piperazine rings is 2. The number of aromatic hydroxyl groups is 1. The predicted molar refractivity (Wildman–Crippen MR) is 289 cm³/mol. The molecule has 424 valence electrons. The van der Waals surface area contributed by atoms with Gasteiger partial charge >= 0.3 is 5.97 Å². The first kappa shape index (κ1) is 59.2. The van der Waals surface area contributed by atoms with Gasteiger partial charge in [0.05, 0.1) is 68.9 Å². The number of phenolic OH excluding ortho intramolecular Hbond substituents is 1. The van der Waals surface area contributed by atoms with Crippen LogP contribution in [0.15, 0.2) is 67.0 Å². The molecule has 26 heteroatoms. The van der Waals surface area contributed by atoms with Gasteiger partial charge in [0.15, 0.2) is 0 Å². The monoisotopic (exact) mass is 1110 g/mol. The van der Waals surface area contributed by atoms with Crippen LogP contribution in [0.1, 0.15) is 79.9 Å². The summed E-state index contributed by atoms with van der Waals surface area (Å²) in [4.78, 5) is 66.4. The second-order valence-electron chi connectivity index (χ2n) is 19.8. The fourth-order valence-corrected chi connectivity index (χ4v) is 9.42. The summed E-state index contributed by atoms with van der Waals surface area (Å²) in [6, 6.07) is 14.3. The van der Waals surface area contributed by atoms with Crippen molar-refractivity contribution in [2.75, 3.05) is 114 Å². The van der Waals surface area contributed by atoms with Gasteiger partial charge in [0.2, 0.25) is 29.7 Å². The van der Waals surface area contributed by atoms with Crippen molar-refractivity contribution >= 4 is 46.5 Å². The van der Waals surface area contributed by atoms with E-state index in [9.17, 15) is 24.6 Å². The van der Waals surface area contributed by atoms with E-state index in [1.165, 1.54) is 4.68 Å². The number of carboxylic acids is 1. The third-order valence-corrected chi connectivity index (χ3v) is 13.6. The SMILES string of the molecule is C#CCOCCOCCOCCNc1nc(N2CCN(C(=O)C(CCC(=O)O)n3cc(C(N)CC(C)C)nn3)CC2)nc(N2CCN(C(=O)C(Cc3cc4ccccc4[nH]3)n3cc(C(N)Cc4ccc(O)cc4)nn3)CC2)n1.[Cl-]. The quantitative estimate of drug-likeness (QED) is 0.0267. The molecular weight excluding hydrogens is 1040 g/mol. The van der Waals surface area contributed by atoms with Crippen LogP contribution in [0.2, 0.25) is 0 Å². The summed E-state index contributed by atoms with van der Waals surface area (Å²) in [6.07, 6.45) is 9.88. The smallest absolute Gasteiger partial charge is 0.303 e. The zero-order chi connectivity index (χ0) is 55.0.